The Bertz CT molecular complexity index is 2250. The molecule has 2 nitrogen and oxygen atoms in total. The molecule has 0 radical (unpaired) electrons. The summed E-state index contributed by atoms with van der Waals surface area (Å²) in [6.07, 6.45) is 0. The molecule has 0 saturated carbocycles. The van der Waals surface area contributed by atoms with Crippen LogP contribution in [0.5, 0.6) is 0 Å². The largest absolute Gasteiger partial charge is 0.355 e. The van der Waals surface area contributed by atoms with E-state index in [4.69, 9.17) is 0 Å². The zero-order valence-corrected chi connectivity index (χ0v) is 25.4. The summed E-state index contributed by atoms with van der Waals surface area (Å²) in [5, 5.41) is 9.90. The smallest absolute Gasteiger partial charge is 0.0463 e. The second kappa shape index (κ2) is 11.8. The van der Waals surface area contributed by atoms with Crippen molar-refractivity contribution in [1.82, 2.24) is 0 Å². The average Bonchev–Trinajstić information content (AvgIpc) is 3.47. The highest BCUT2D eigenvalue weighted by atomic mass is 32.1. The molecule has 0 aliphatic heterocycles. The Morgan fingerprint density at radius 2 is 0.822 bits per heavy atom. The molecule has 0 aliphatic carbocycles. The maximum Gasteiger partial charge on any atom is 0.0463 e. The quantitative estimate of drug-likeness (QED) is 0.192. The van der Waals surface area contributed by atoms with Gasteiger partial charge in [0.15, 0.2) is 0 Å². The lowest BCUT2D eigenvalue weighted by atomic mass is 9.97. The third-order valence-electron chi connectivity index (χ3n) is 8.29. The third-order valence-corrected chi connectivity index (χ3v) is 9.42. The summed E-state index contributed by atoms with van der Waals surface area (Å²) < 4.78 is 2.62. The van der Waals surface area contributed by atoms with Gasteiger partial charge in [-0.15, -0.1) is 11.3 Å². The number of rotatable bonds is 7. The third kappa shape index (κ3) is 5.46. The SMILES string of the molecule is c1ccc(Nc2ccccc2-c2ccc(-c3ccc(-c4ccccc4Nc4ccc5c(c4)sc4ccccc45)cc3)cc2)cc1. The predicted octanol–water partition coefficient (Wildman–Crippen LogP) is 12.5. The van der Waals surface area contributed by atoms with Crippen LogP contribution in [0.2, 0.25) is 0 Å². The van der Waals surface area contributed by atoms with Gasteiger partial charge in [-0.3, -0.25) is 0 Å². The molecule has 45 heavy (non-hydrogen) atoms. The molecule has 0 fully saturated rings. The van der Waals surface area contributed by atoms with Crippen molar-refractivity contribution < 1.29 is 0 Å². The van der Waals surface area contributed by atoms with E-state index in [1.54, 1.807) is 0 Å². The molecule has 3 heteroatoms. The van der Waals surface area contributed by atoms with Crippen LogP contribution < -0.4 is 10.6 Å². The number of hydrogen-bond donors (Lipinski definition) is 2. The Morgan fingerprint density at radius 3 is 1.47 bits per heavy atom. The number of anilines is 4. The molecule has 1 heterocycles. The first-order valence-electron chi connectivity index (χ1n) is 15.2. The minimum atomic E-state index is 1.08. The molecule has 2 N–H and O–H groups in total. The molecule has 8 aromatic rings. The number of hydrogen-bond acceptors (Lipinski definition) is 3. The fourth-order valence-electron chi connectivity index (χ4n) is 6.01. The van der Waals surface area contributed by atoms with Crippen LogP contribution in [-0.2, 0) is 0 Å². The van der Waals surface area contributed by atoms with Gasteiger partial charge in [0.05, 0.1) is 0 Å². The van der Waals surface area contributed by atoms with Gasteiger partial charge in [0, 0.05) is 54.0 Å². The molecule has 0 atom stereocenters. The first kappa shape index (κ1) is 26.9. The van der Waals surface area contributed by atoms with Crippen LogP contribution in [0.25, 0.3) is 53.6 Å². The molecule has 0 aliphatic rings. The molecule has 0 spiro atoms. The second-order valence-corrected chi connectivity index (χ2v) is 12.3. The molecule has 0 unspecified atom stereocenters. The fraction of sp³-hybridized carbons (Fsp3) is 0. The lowest BCUT2D eigenvalue weighted by Crippen LogP contribution is -1.93. The van der Waals surface area contributed by atoms with E-state index in [-0.39, 0.29) is 0 Å². The lowest BCUT2D eigenvalue weighted by Gasteiger charge is -2.14. The molecule has 214 valence electrons. The summed E-state index contributed by atoms with van der Waals surface area (Å²) in [5.74, 6) is 0. The average molecular weight is 595 g/mol. The Labute approximate surface area is 267 Å². The molecule has 0 bridgehead atoms. The summed E-state index contributed by atoms with van der Waals surface area (Å²) >= 11 is 1.84. The molecule has 0 amide bonds. The van der Waals surface area contributed by atoms with Gasteiger partial charge in [0.25, 0.3) is 0 Å². The maximum absolute atomic E-state index is 3.70. The normalized spacial score (nSPS) is 11.1. The topological polar surface area (TPSA) is 24.1 Å². The van der Waals surface area contributed by atoms with E-state index in [9.17, 15) is 0 Å². The molecule has 1 aromatic heterocycles. The van der Waals surface area contributed by atoms with E-state index in [1.165, 1.54) is 53.6 Å². The Hall–Kier alpha value is -5.64. The summed E-state index contributed by atoms with van der Waals surface area (Å²) in [5.41, 5.74) is 11.5. The summed E-state index contributed by atoms with van der Waals surface area (Å²) in [6.45, 7) is 0. The van der Waals surface area contributed by atoms with Gasteiger partial charge in [0.2, 0.25) is 0 Å². The minimum Gasteiger partial charge on any atom is -0.355 e. The van der Waals surface area contributed by atoms with Crippen LogP contribution in [0.15, 0.2) is 170 Å². The first-order chi connectivity index (χ1) is 22.3. The Morgan fingerprint density at radius 1 is 0.333 bits per heavy atom. The van der Waals surface area contributed by atoms with Crippen LogP contribution in [-0.4, -0.2) is 0 Å². The van der Waals surface area contributed by atoms with Crippen molar-refractivity contribution in [3.63, 3.8) is 0 Å². The Kier molecular flexibility index (Phi) is 7.07. The van der Waals surface area contributed by atoms with Gasteiger partial charge in [-0.05, 0) is 64.7 Å². The zero-order valence-electron chi connectivity index (χ0n) is 24.6. The van der Waals surface area contributed by atoms with Crippen LogP contribution in [0.3, 0.4) is 0 Å². The van der Waals surface area contributed by atoms with Crippen molar-refractivity contribution in [2.24, 2.45) is 0 Å². The van der Waals surface area contributed by atoms with Crippen molar-refractivity contribution in [1.29, 1.82) is 0 Å². The molecule has 7 aromatic carbocycles. The van der Waals surface area contributed by atoms with E-state index < -0.39 is 0 Å². The summed E-state index contributed by atoms with van der Waals surface area (Å²) in [4.78, 5) is 0. The predicted molar refractivity (Wildman–Crippen MR) is 195 cm³/mol. The number of nitrogens with one attached hydrogen (secondary N) is 2. The van der Waals surface area contributed by atoms with Gasteiger partial charge >= 0.3 is 0 Å². The summed E-state index contributed by atoms with van der Waals surface area (Å²) in [7, 11) is 0. The zero-order chi connectivity index (χ0) is 30.0. The highest BCUT2D eigenvalue weighted by Gasteiger charge is 2.10. The van der Waals surface area contributed by atoms with Crippen LogP contribution in [0.1, 0.15) is 0 Å². The van der Waals surface area contributed by atoms with Gasteiger partial charge in [-0.1, -0.05) is 127 Å². The van der Waals surface area contributed by atoms with Gasteiger partial charge in [-0.25, -0.2) is 0 Å². The Balaban J connectivity index is 1.03. The van der Waals surface area contributed by atoms with E-state index in [1.807, 2.05) is 29.5 Å². The van der Waals surface area contributed by atoms with Crippen molar-refractivity contribution in [3.8, 4) is 33.4 Å². The van der Waals surface area contributed by atoms with Crippen LogP contribution in [0.4, 0.5) is 22.7 Å². The van der Waals surface area contributed by atoms with E-state index in [0.717, 1.165) is 22.7 Å². The van der Waals surface area contributed by atoms with E-state index >= 15 is 0 Å². The van der Waals surface area contributed by atoms with Crippen molar-refractivity contribution in [2.75, 3.05) is 10.6 Å². The molecular weight excluding hydrogens is 565 g/mol. The van der Waals surface area contributed by atoms with Crippen LogP contribution in [0, 0.1) is 0 Å². The molecule has 8 rings (SSSR count). The number of benzene rings is 7. The van der Waals surface area contributed by atoms with E-state index in [0.29, 0.717) is 0 Å². The number of para-hydroxylation sites is 3. The van der Waals surface area contributed by atoms with Gasteiger partial charge in [0.1, 0.15) is 0 Å². The van der Waals surface area contributed by atoms with E-state index in [2.05, 4.69) is 162 Å². The standard InChI is InChI=1S/C42H30N2S/c1-2-10-33(11-3-1)43-39-15-7-4-12-35(39)31-22-18-29(19-23-31)30-20-24-32(25-21-30)36-13-5-8-16-40(36)44-34-26-27-38-37-14-6-9-17-41(37)45-42(38)28-34/h1-28,43-44H. The second-order valence-electron chi connectivity index (χ2n) is 11.2. The van der Waals surface area contributed by atoms with Crippen molar-refractivity contribution >= 4 is 54.3 Å². The monoisotopic (exact) mass is 594 g/mol. The van der Waals surface area contributed by atoms with Crippen molar-refractivity contribution in [3.05, 3.63) is 170 Å². The maximum atomic E-state index is 3.70. The van der Waals surface area contributed by atoms with Gasteiger partial charge in [-0.2, -0.15) is 0 Å². The minimum absolute atomic E-state index is 1.08. The van der Waals surface area contributed by atoms with Crippen molar-refractivity contribution in [2.45, 2.75) is 0 Å². The highest BCUT2D eigenvalue weighted by molar-refractivity contribution is 7.25. The number of thiophene rings is 1. The molecule has 0 saturated heterocycles. The molecular formula is C42H30N2S. The summed E-state index contributed by atoms with van der Waals surface area (Å²) in [6, 6.07) is 60.3. The van der Waals surface area contributed by atoms with Crippen LogP contribution >= 0.6 is 11.3 Å². The highest BCUT2D eigenvalue weighted by Crippen LogP contribution is 2.38. The fourth-order valence-corrected chi connectivity index (χ4v) is 7.15. The van der Waals surface area contributed by atoms with Gasteiger partial charge < -0.3 is 10.6 Å². The number of fused-ring (bicyclic) bond motifs is 3. The first-order valence-corrected chi connectivity index (χ1v) is 16.0. The lowest BCUT2D eigenvalue weighted by molar-refractivity contribution is 1.52.